The maximum absolute atomic E-state index is 12.6. The van der Waals surface area contributed by atoms with Crippen molar-refractivity contribution in [2.24, 2.45) is 0 Å². The van der Waals surface area contributed by atoms with E-state index in [0.717, 1.165) is 5.56 Å². The molecular formula is C17H21ClF2N4O. The average Bonchev–Trinajstić information content (AvgIpc) is 2.96. The lowest BCUT2D eigenvalue weighted by molar-refractivity contribution is -0.117. The molecule has 5 nitrogen and oxygen atoms in total. The summed E-state index contributed by atoms with van der Waals surface area (Å²) in [6.45, 7) is 2.22. The fraction of sp³-hybridized carbons (Fsp3) is 0.412. The van der Waals surface area contributed by atoms with Crippen molar-refractivity contribution in [2.75, 3.05) is 25.0 Å². The highest BCUT2D eigenvalue weighted by atomic mass is 35.5. The molecule has 0 fully saturated rings. The fourth-order valence-electron chi connectivity index (χ4n) is 2.48. The van der Waals surface area contributed by atoms with E-state index in [1.165, 1.54) is 4.90 Å². The summed E-state index contributed by atoms with van der Waals surface area (Å²) in [5.41, 5.74) is 0.869. The molecule has 0 spiro atoms. The summed E-state index contributed by atoms with van der Waals surface area (Å²) in [7, 11) is 0. The number of anilines is 1. The Morgan fingerprint density at radius 2 is 2.12 bits per heavy atom. The summed E-state index contributed by atoms with van der Waals surface area (Å²) >= 11 is 6.15. The van der Waals surface area contributed by atoms with Crippen LogP contribution in [-0.2, 0) is 11.3 Å². The van der Waals surface area contributed by atoms with E-state index >= 15 is 0 Å². The molecule has 1 N–H and O–H groups in total. The first-order valence-corrected chi connectivity index (χ1v) is 8.43. The van der Waals surface area contributed by atoms with Gasteiger partial charge in [-0.1, -0.05) is 36.7 Å². The van der Waals surface area contributed by atoms with E-state index in [1.54, 1.807) is 23.0 Å². The summed E-state index contributed by atoms with van der Waals surface area (Å²) < 4.78 is 26.8. The number of amides is 1. The van der Waals surface area contributed by atoms with E-state index in [0.29, 0.717) is 30.4 Å². The molecule has 0 saturated heterocycles. The van der Waals surface area contributed by atoms with Crippen LogP contribution in [0.3, 0.4) is 0 Å². The Labute approximate surface area is 150 Å². The standard InChI is InChI=1S/C17H21ClF2N4O/c1-2-9-23(11-15(19)20)12-17(25)22-16-7-8-21-24(16)10-13-5-3-4-6-14(13)18/h3-8,15H,2,9-12H2,1H3,(H,22,25). The van der Waals surface area contributed by atoms with Crippen molar-refractivity contribution in [3.8, 4) is 0 Å². The highest BCUT2D eigenvalue weighted by Crippen LogP contribution is 2.18. The van der Waals surface area contributed by atoms with Crippen molar-refractivity contribution in [1.82, 2.24) is 14.7 Å². The van der Waals surface area contributed by atoms with Gasteiger partial charge in [0.25, 0.3) is 6.43 Å². The molecule has 0 aliphatic heterocycles. The largest absolute Gasteiger partial charge is 0.310 e. The summed E-state index contributed by atoms with van der Waals surface area (Å²) in [5.74, 6) is 0.147. The van der Waals surface area contributed by atoms with E-state index in [2.05, 4.69) is 10.4 Å². The molecule has 2 rings (SSSR count). The minimum atomic E-state index is -2.47. The minimum Gasteiger partial charge on any atom is -0.310 e. The van der Waals surface area contributed by atoms with Gasteiger partial charge in [0, 0.05) is 11.1 Å². The van der Waals surface area contributed by atoms with E-state index in [9.17, 15) is 13.6 Å². The molecule has 0 saturated carbocycles. The minimum absolute atomic E-state index is 0.0878. The van der Waals surface area contributed by atoms with Crippen LogP contribution in [0.4, 0.5) is 14.6 Å². The van der Waals surface area contributed by atoms with E-state index in [4.69, 9.17) is 11.6 Å². The van der Waals surface area contributed by atoms with Crippen LogP contribution in [0.15, 0.2) is 36.5 Å². The molecule has 1 amide bonds. The zero-order chi connectivity index (χ0) is 18.2. The molecule has 0 bridgehead atoms. The molecule has 0 aliphatic rings. The van der Waals surface area contributed by atoms with Gasteiger partial charge in [0.15, 0.2) is 0 Å². The van der Waals surface area contributed by atoms with E-state index in [1.807, 2.05) is 25.1 Å². The molecule has 2 aromatic rings. The SMILES string of the molecule is CCCN(CC(=O)Nc1ccnn1Cc1ccccc1Cl)CC(F)F. The first-order chi connectivity index (χ1) is 12.0. The zero-order valence-electron chi connectivity index (χ0n) is 14.0. The molecule has 25 heavy (non-hydrogen) atoms. The number of benzene rings is 1. The molecule has 0 aliphatic carbocycles. The van der Waals surface area contributed by atoms with E-state index < -0.39 is 13.0 Å². The quantitative estimate of drug-likeness (QED) is 0.735. The van der Waals surface area contributed by atoms with Crippen molar-refractivity contribution < 1.29 is 13.6 Å². The lowest BCUT2D eigenvalue weighted by atomic mass is 10.2. The molecule has 1 heterocycles. The monoisotopic (exact) mass is 370 g/mol. The van der Waals surface area contributed by atoms with Crippen molar-refractivity contribution in [3.05, 3.63) is 47.1 Å². The van der Waals surface area contributed by atoms with Crippen LogP contribution in [0.5, 0.6) is 0 Å². The van der Waals surface area contributed by atoms with Gasteiger partial charge in [-0.2, -0.15) is 5.10 Å². The third-order valence-corrected chi connectivity index (χ3v) is 3.93. The first-order valence-electron chi connectivity index (χ1n) is 8.05. The normalized spacial score (nSPS) is 11.3. The Morgan fingerprint density at radius 3 is 2.80 bits per heavy atom. The number of rotatable bonds is 9. The molecule has 0 atom stereocenters. The van der Waals surface area contributed by atoms with Gasteiger partial charge in [0.2, 0.25) is 5.91 Å². The number of carbonyl (C=O) groups excluding carboxylic acids is 1. The van der Waals surface area contributed by atoms with Crippen molar-refractivity contribution in [1.29, 1.82) is 0 Å². The number of aromatic nitrogens is 2. The molecule has 1 aromatic carbocycles. The maximum atomic E-state index is 12.6. The molecule has 0 unspecified atom stereocenters. The number of alkyl halides is 2. The Kier molecular flexibility index (Phi) is 7.33. The van der Waals surface area contributed by atoms with Crippen LogP contribution >= 0.6 is 11.6 Å². The Morgan fingerprint density at radius 1 is 1.36 bits per heavy atom. The van der Waals surface area contributed by atoms with Crippen molar-refractivity contribution in [2.45, 2.75) is 26.3 Å². The molecule has 1 aromatic heterocycles. The summed E-state index contributed by atoms with van der Waals surface area (Å²) in [6, 6.07) is 9.03. The van der Waals surface area contributed by atoms with Crippen LogP contribution in [0.2, 0.25) is 5.02 Å². The van der Waals surface area contributed by atoms with E-state index in [-0.39, 0.29) is 12.5 Å². The van der Waals surface area contributed by atoms with Gasteiger partial charge >= 0.3 is 0 Å². The Hall–Kier alpha value is -1.99. The highest BCUT2D eigenvalue weighted by Gasteiger charge is 2.16. The number of halogens is 3. The van der Waals surface area contributed by atoms with Crippen LogP contribution < -0.4 is 5.32 Å². The predicted molar refractivity (Wildman–Crippen MR) is 94.1 cm³/mol. The van der Waals surface area contributed by atoms with Gasteiger partial charge in [0.05, 0.1) is 25.8 Å². The van der Waals surface area contributed by atoms with Crippen LogP contribution in [0.25, 0.3) is 0 Å². The molecular weight excluding hydrogens is 350 g/mol. The van der Waals surface area contributed by atoms with Crippen molar-refractivity contribution in [3.63, 3.8) is 0 Å². The first kappa shape index (κ1) is 19.3. The number of nitrogens with one attached hydrogen (secondary N) is 1. The second-order valence-electron chi connectivity index (χ2n) is 5.64. The third-order valence-electron chi connectivity index (χ3n) is 3.57. The second kappa shape index (κ2) is 9.48. The lowest BCUT2D eigenvalue weighted by Crippen LogP contribution is -2.37. The van der Waals surface area contributed by atoms with Crippen LogP contribution in [0.1, 0.15) is 18.9 Å². The third kappa shape index (κ3) is 6.10. The maximum Gasteiger partial charge on any atom is 0.251 e. The van der Waals surface area contributed by atoms with Gasteiger partial charge in [-0.05, 0) is 24.6 Å². The van der Waals surface area contributed by atoms with Gasteiger partial charge in [-0.25, -0.2) is 13.5 Å². The number of hydrogen-bond acceptors (Lipinski definition) is 3. The average molecular weight is 371 g/mol. The summed E-state index contributed by atoms with van der Waals surface area (Å²) in [4.78, 5) is 13.6. The van der Waals surface area contributed by atoms with Gasteiger partial charge in [-0.3, -0.25) is 9.69 Å². The van der Waals surface area contributed by atoms with Gasteiger partial charge < -0.3 is 5.32 Å². The Balaban J connectivity index is 2.00. The molecule has 8 heteroatoms. The Bertz CT molecular complexity index is 693. The predicted octanol–water partition coefficient (Wildman–Crippen LogP) is 3.50. The number of carbonyl (C=O) groups is 1. The fourth-order valence-corrected chi connectivity index (χ4v) is 2.68. The summed E-state index contributed by atoms with van der Waals surface area (Å²) in [6.07, 6.45) is -0.204. The lowest BCUT2D eigenvalue weighted by Gasteiger charge is -2.20. The molecule has 136 valence electrons. The van der Waals surface area contributed by atoms with Gasteiger partial charge in [-0.15, -0.1) is 0 Å². The second-order valence-corrected chi connectivity index (χ2v) is 6.05. The smallest absolute Gasteiger partial charge is 0.251 e. The number of nitrogens with zero attached hydrogens (tertiary/aromatic N) is 3. The van der Waals surface area contributed by atoms with Crippen LogP contribution in [0, 0.1) is 0 Å². The molecule has 0 radical (unpaired) electrons. The van der Waals surface area contributed by atoms with Crippen molar-refractivity contribution >= 4 is 23.3 Å². The highest BCUT2D eigenvalue weighted by molar-refractivity contribution is 6.31. The van der Waals surface area contributed by atoms with Crippen LogP contribution in [-0.4, -0.2) is 46.6 Å². The van der Waals surface area contributed by atoms with Gasteiger partial charge in [0.1, 0.15) is 5.82 Å². The topological polar surface area (TPSA) is 50.2 Å². The zero-order valence-corrected chi connectivity index (χ0v) is 14.7. The summed E-state index contributed by atoms with van der Waals surface area (Å²) in [5, 5.41) is 7.52. The number of hydrogen-bond donors (Lipinski definition) is 1.